The first kappa shape index (κ1) is 5.87. The van der Waals surface area contributed by atoms with Crippen LogP contribution >= 0.6 is 0 Å². The third-order valence-electron chi connectivity index (χ3n) is 0.318. The average Bonchev–Trinajstić information content (AvgIpc) is 1.61. The molecule has 0 heterocycles. The lowest BCUT2D eigenvalue weighted by molar-refractivity contribution is 0.249. The number of hydrogen-bond acceptors (Lipinski definition) is 3. The third-order valence-corrected chi connectivity index (χ3v) is 0.318. The maximum Gasteiger partial charge on any atom is 0.313 e. The van der Waals surface area contributed by atoms with Crippen molar-refractivity contribution in [1.29, 1.82) is 0 Å². The van der Waals surface area contributed by atoms with Crippen molar-refractivity contribution in [2.75, 3.05) is 6.67 Å². The predicted octanol–water partition coefficient (Wildman–Crippen LogP) is -0.621. The van der Waals surface area contributed by atoms with E-state index < -0.39 is 6.03 Å². The van der Waals surface area contributed by atoms with Crippen molar-refractivity contribution in [3.05, 3.63) is 4.91 Å². The van der Waals surface area contributed by atoms with Crippen molar-refractivity contribution in [2.45, 2.75) is 0 Å². The van der Waals surface area contributed by atoms with E-state index in [0.717, 1.165) is 0 Å². The summed E-state index contributed by atoms with van der Waals surface area (Å²) in [6.07, 6.45) is 0. The zero-order valence-electron chi connectivity index (χ0n) is 3.55. The van der Waals surface area contributed by atoms with Gasteiger partial charge in [-0.05, 0) is 5.18 Å². The maximum absolute atomic E-state index is 9.67. The first-order valence-electron chi connectivity index (χ1n) is 1.60. The molecule has 0 saturated heterocycles. The normalized spacial score (nSPS) is 7.43. The van der Waals surface area contributed by atoms with Crippen LogP contribution in [-0.4, -0.2) is 12.7 Å². The Morgan fingerprint density at radius 1 is 1.86 bits per heavy atom. The van der Waals surface area contributed by atoms with Gasteiger partial charge in [-0.2, -0.15) is 0 Å². The van der Waals surface area contributed by atoms with Gasteiger partial charge in [-0.25, -0.2) is 4.79 Å². The molecule has 5 heteroatoms. The average molecular weight is 103 g/mol. The summed E-state index contributed by atoms with van der Waals surface area (Å²) in [6, 6.07) is -0.736. The summed E-state index contributed by atoms with van der Waals surface area (Å²) >= 11 is 0. The van der Waals surface area contributed by atoms with Crippen LogP contribution in [0.15, 0.2) is 5.18 Å². The number of nitrogens with zero attached hydrogens (tertiary/aromatic N) is 1. The van der Waals surface area contributed by atoms with Gasteiger partial charge in [-0.3, -0.25) is 0 Å². The molecule has 0 fully saturated rings. The van der Waals surface area contributed by atoms with Crippen molar-refractivity contribution in [2.24, 2.45) is 10.9 Å². The van der Waals surface area contributed by atoms with Crippen molar-refractivity contribution in [3.63, 3.8) is 0 Å². The molecule has 0 unspecified atom stereocenters. The Labute approximate surface area is 39.9 Å². The highest BCUT2D eigenvalue weighted by Crippen LogP contribution is 1.56. The number of nitroso groups, excluding NO2 is 1. The number of nitrogens with two attached hydrogens (primary N) is 1. The summed E-state index contributed by atoms with van der Waals surface area (Å²) in [6.45, 7) is -0.255. The minimum absolute atomic E-state index is 0.255. The molecule has 3 N–H and O–H groups in total. The summed E-state index contributed by atoms with van der Waals surface area (Å²) in [7, 11) is 0. The van der Waals surface area contributed by atoms with Gasteiger partial charge in [0.05, 0.1) is 0 Å². The first-order chi connectivity index (χ1) is 3.27. The molecule has 0 aromatic heterocycles. The van der Waals surface area contributed by atoms with Crippen LogP contribution in [0.4, 0.5) is 4.79 Å². The summed E-state index contributed by atoms with van der Waals surface area (Å²) < 4.78 is 0. The molecule has 0 spiro atoms. The van der Waals surface area contributed by atoms with E-state index in [1.165, 1.54) is 0 Å². The monoisotopic (exact) mass is 103 g/mol. The zero-order chi connectivity index (χ0) is 5.70. The van der Waals surface area contributed by atoms with E-state index in [1.807, 2.05) is 5.32 Å². The molecular weight excluding hydrogens is 98.0 g/mol. The van der Waals surface area contributed by atoms with Crippen LogP contribution < -0.4 is 11.1 Å². The van der Waals surface area contributed by atoms with Gasteiger partial charge in [0.1, 0.15) is 0 Å². The minimum atomic E-state index is -0.736. The molecular formula is C2H5N3O2. The Morgan fingerprint density at radius 2 is 2.43 bits per heavy atom. The van der Waals surface area contributed by atoms with E-state index >= 15 is 0 Å². The SMILES string of the molecule is NC(=O)NCN=O. The van der Waals surface area contributed by atoms with E-state index in [4.69, 9.17) is 0 Å². The number of amides is 2. The second-order valence-corrected chi connectivity index (χ2v) is 0.828. The van der Waals surface area contributed by atoms with Gasteiger partial charge in [0.2, 0.25) is 0 Å². The molecule has 0 aliphatic rings. The molecule has 40 valence electrons. The topological polar surface area (TPSA) is 84.6 Å². The second kappa shape index (κ2) is 3.08. The Morgan fingerprint density at radius 3 is 2.57 bits per heavy atom. The molecule has 5 nitrogen and oxygen atoms in total. The standard InChI is InChI=1S/C2H5N3O2/c3-2(6)4-1-5-7/h1H2,(H3,3,4,6). The fourth-order valence-electron chi connectivity index (χ4n) is 0.110. The highest BCUT2D eigenvalue weighted by molar-refractivity contribution is 5.71. The lowest BCUT2D eigenvalue weighted by Gasteiger charge is -1.87. The van der Waals surface area contributed by atoms with Gasteiger partial charge in [0.25, 0.3) is 0 Å². The fourth-order valence-corrected chi connectivity index (χ4v) is 0.110. The smallest absolute Gasteiger partial charge is 0.313 e. The molecule has 0 aromatic carbocycles. The number of carbonyl (C=O) groups is 1. The Kier molecular flexibility index (Phi) is 2.58. The molecule has 0 radical (unpaired) electrons. The van der Waals surface area contributed by atoms with Crippen LogP contribution in [0.2, 0.25) is 0 Å². The van der Waals surface area contributed by atoms with Gasteiger partial charge >= 0.3 is 6.03 Å². The van der Waals surface area contributed by atoms with E-state index in [1.54, 1.807) is 0 Å². The number of carbonyl (C=O) groups excluding carboxylic acids is 1. The Balaban J connectivity index is 2.97. The Hall–Kier alpha value is -1.13. The third kappa shape index (κ3) is 4.87. The van der Waals surface area contributed by atoms with Crippen molar-refractivity contribution < 1.29 is 4.79 Å². The molecule has 0 bridgehead atoms. The molecule has 0 saturated carbocycles. The fraction of sp³-hybridized carbons (Fsp3) is 0.500. The summed E-state index contributed by atoms with van der Waals surface area (Å²) in [4.78, 5) is 18.9. The van der Waals surface area contributed by atoms with E-state index in [0.29, 0.717) is 0 Å². The van der Waals surface area contributed by atoms with Crippen LogP contribution in [-0.2, 0) is 0 Å². The molecule has 0 aliphatic heterocycles. The van der Waals surface area contributed by atoms with Crippen LogP contribution in [0.3, 0.4) is 0 Å². The maximum atomic E-state index is 9.67. The minimum Gasteiger partial charge on any atom is -0.352 e. The zero-order valence-corrected chi connectivity index (χ0v) is 3.55. The van der Waals surface area contributed by atoms with Gasteiger partial charge in [-0.1, -0.05) is 0 Å². The summed E-state index contributed by atoms with van der Waals surface area (Å²) in [5.41, 5.74) is 4.53. The number of rotatable bonds is 2. The van der Waals surface area contributed by atoms with E-state index in [2.05, 4.69) is 10.9 Å². The quantitative estimate of drug-likeness (QED) is 0.456. The van der Waals surface area contributed by atoms with Crippen molar-refractivity contribution in [1.82, 2.24) is 5.32 Å². The van der Waals surface area contributed by atoms with Crippen LogP contribution in [0.25, 0.3) is 0 Å². The molecule has 0 atom stereocenters. The van der Waals surface area contributed by atoms with Gasteiger partial charge < -0.3 is 11.1 Å². The van der Waals surface area contributed by atoms with Crippen molar-refractivity contribution in [3.8, 4) is 0 Å². The highest BCUT2D eigenvalue weighted by Gasteiger charge is 1.84. The molecule has 0 rings (SSSR count). The van der Waals surface area contributed by atoms with Gasteiger partial charge in [0.15, 0.2) is 6.67 Å². The summed E-state index contributed by atoms with van der Waals surface area (Å²) in [5, 5.41) is 4.27. The number of urea groups is 1. The largest absolute Gasteiger partial charge is 0.352 e. The molecule has 7 heavy (non-hydrogen) atoms. The van der Waals surface area contributed by atoms with E-state index in [-0.39, 0.29) is 6.67 Å². The van der Waals surface area contributed by atoms with Crippen LogP contribution in [0.5, 0.6) is 0 Å². The van der Waals surface area contributed by atoms with Crippen LogP contribution in [0.1, 0.15) is 0 Å². The highest BCUT2D eigenvalue weighted by atomic mass is 16.3. The lowest BCUT2D eigenvalue weighted by atomic mass is 11.0. The number of nitrogens with one attached hydrogen (secondary N) is 1. The van der Waals surface area contributed by atoms with Crippen LogP contribution in [0, 0.1) is 4.91 Å². The van der Waals surface area contributed by atoms with Gasteiger partial charge in [-0.15, -0.1) is 4.91 Å². The predicted molar refractivity (Wildman–Crippen MR) is 23.4 cm³/mol. The Bertz CT molecular complexity index is 81.0. The number of primary amides is 1. The summed E-state index contributed by atoms with van der Waals surface area (Å²) in [5.74, 6) is 0. The first-order valence-corrected chi connectivity index (χ1v) is 1.60. The van der Waals surface area contributed by atoms with Gasteiger partial charge in [0, 0.05) is 0 Å². The number of hydrogen-bond donors (Lipinski definition) is 2. The molecule has 0 aromatic rings. The van der Waals surface area contributed by atoms with Crippen molar-refractivity contribution >= 4 is 6.03 Å². The van der Waals surface area contributed by atoms with E-state index in [9.17, 15) is 9.70 Å². The lowest BCUT2D eigenvalue weighted by Crippen LogP contribution is -2.28. The molecule has 2 amide bonds. The molecule has 0 aliphatic carbocycles. The second-order valence-electron chi connectivity index (χ2n) is 0.828.